The monoisotopic (exact) mass is 282 g/mol. The summed E-state index contributed by atoms with van der Waals surface area (Å²) in [6.07, 6.45) is 0. The first-order valence-electron chi connectivity index (χ1n) is 6.44. The van der Waals surface area contributed by atoms with Crippen LogP contribution >= 0.6 is 11.6 Å². The summed E-state index contributed by atoms with van der Waals surface area (Å²) in [5, 5.41) is 9.85. The highest BCUT2D eigenvalue weighted by molar-refractivity contribution is 6.65. The molecule has 1 aliphatic heterocycles. The van der Waals surface area contributed by atoms with Crippen molar-refractivity contribution in [2.75, 3.05) is 0 Å². The van der Waals surface area contributed by atoms with Crippen LogP contribution in [0.15, 0.2) is 12.1 Å². The molecule has 19 heavy (non-hydrogen) atoms. The zero-order chi connectivity index (χ0) is 14.4. The molecule has 0 radical (unpaired) electrons. The number of benzene rings is 1. The molecule has 0 amide bonds. The second kappa shape index (κ2) is 4.78. The third kappa shape index (κ3) is 2.43. The van der Waals surface area contributed by atoms with Crippen LogP contribution in [-0.2, 0) is 15.9 Å². The molecule has 1 fully saturated rings. The predicted octanol–water partition coefficient (Wildman–Crippen LogP) is 2.44. The van der Waals surface area contributed by atoms with E-state index in [-0.39, 0.29) is 17.8 Å². The van der Waals surface area contributed by atoms with Gasteiger partial charge in [-0.25, -0.2) is 0 Å². The van der Waals surface area contributed by atoms with E-state index in [2.05, 4.69) is 0 Å². The van der Waals surface area contributed by atoms with Crippen molar-refractivity contribution in [1.82, 2.24) is 0 Å². The van der Waals surface area contributed by atoms with E-state index < -0.39 is 7.12 Å². The van der Waals surface area contributed by atoms with Crippen LogP contribution in [-0.4, -0.2) is 23.4 Å². The van der Waals surface area contributed by atoms with Crippen LogP contribution in [0, 0.1) is 6.92 Å². The first-order valence-corrected chi connectivity index (χ1v) is 6.82. The smallest absolute Gasteiger partial charge is 0.399 e. The molecular weight excluding hydrogens is 262 g/mol. The molecule has 5 heteroatoms. The van der Waals surface area contributed by atoms with Crippen LogP contribution in [0.3, 0.4) is 0 Å². The number of hydrogen-bond acceptors (Lipinski definition) is 3. The molecule has 1 aromatic rings. The summed E-state index contributed by atoms with van der Waals surface area (Å²) in [5.41, 5.74) is 1.74. The van der Waals surface area contributed by atoms with Gasteiger partial charge in [0, 0.05) is 10.5 Å². The molecule has 0 saturated carbocycles. The van der Waals surface area contributed by atoms with Crippen LogP contribution in [0.25, 0.3) is 0 Å². The van der Waals surface area contributed by atoms with E-state index in [0.29, 0.717) is 5.02 Å². The van der Waals surface area contributed by atoms with E-state index in [1.54, 1.807) is 0 Å². The minimum Gasteiger partial charge on any atom is -0.399 e. The van der Waals surface area contributed by atoms with Gasteiger partial charge in [0.2, 0.25) is 0 Å². The van der Waals surface area contributed by atoms with Crippen molar-refractivity contribution in [2.45, 2.75) is 52.4 Å². The highest BCUT2D eigenvalue weighted by Gasteiger charge is 2.52. The van der Waals surface area contributed by atoms with Crippen LogP contribution in [0.4, 0.5) is 0 Å². The van der Waals surface area contributed by atoms with Crippen LogP contribution in [0.2, 0.25) is 5.02 Å². The highest BCUT2D eigenvalue weighted by Crippen LogP contribution is 2.37. The summed E-state index contributed by atoms with van der Waals surface area (Å²) < 4.78 is 12.0. The van der Waals surface area contributed by atoms with E-state index in [9.17, 15) is 5.11 Å². The lowest BCUT2D eigenvalue weighted by molar-refractivity contribution is 0.00578. The van der Waals surface area contributed by atoms with Gasteiger partial charge in [0.25, 0.3) is 0 Å². The van der Waals surface area contributed by atoms with E-state index in [1.165, 1.54) is 0 Å². The molecule has 1 aromatic carbocycles. The topological polar surface area (TPSA) is 38.7 Å². The Labute approximate surface area is 120 Å². The molecule has 1 saturated heterocycles. The Morgan fingerprint density at radius 1 is 1.16 bits per heavy atom. The summed E-state index contributed by atoms with van der Waals surface area (Å²) in [6, 6.07) is 3.73. The normalized spacial score (nSPS) is 20.9. The first kappa shape index (κ1) is 14.9. The fraction of sp³-hybridized carbons (Fsp3) is 0.571. The van der Waals surface area contributed by atoms with Gasteiger partial charge in [-0.2, -0.15) is 0 Å². The number of halogens is 1. The standard InChI is InChI=1S/C14H20BClO3/c1-9-10(8-17)6-7-11(12(9)16)15-18-13(2,3)14(4,5)19-15/h6-7,17H,8H2,1-5H3. The maximum Gasteiger partial charge on any atom is 0.496 e. The molecule has 0 spiro atoms. The average Bonchev–Trinajstić information content (AvgIpc) is 2.51. The average molecular weight is 283 g/mol. The molecule has 3 nitrogen and oxygen atoms in total. The van der Waals surface area contributed by atoms with E-state index in [0.717, 1.165) is 16.6 Å². The van der Waals surface area contributed by atoms with Crippen molar-refractivity contribution in [2.24, 2.45) is 0 Å². The van der Waals surface area contributed by atoms with Crippen LogP contribution < -0.4 is 5.46 Å². The minimum atomic E-state index is -0.469. The van der Waals surface area contributed by atoms with E-state index in [4.69, 9.17) is 20.9 Å². The molecular formula is C14H20BClO3. The lowest BCUT2D eigenvalue weighted by Gasteiger charge is -2.32. The first-order chi connectivity index (χ1) is 8.69. The molecule has 1 aliphatic rings. The van der Waals surface area contributed by atoms with Crippen molar-refractivity contribution in [3.63, 3.8) is 0 Å². The van der Waals surface area contributed by atoms with Crippen molar-refractivity contribution < 1.29 is 14.4 Å². The SMILES string of the molecule is Cc1c(CO)ccc(B2OC(C)(C)C(C)(C)O2)c1Cl. The fourth-order valence-corrected chi connectivity index (χ4v) is 2.34. The quantitative estimate of drug-likeness (QED) is 0.847. The van der Waals surface area contributed by atoms with Gasteiger partial charge in [-0.05, 0) is 45.7 Å². The van der Waals surface area contributed by atoms with Gasteiger partial charge in [-0.15, -0.1) is 0 Å². The van der Waals surface area contributed by atoms with Gasteiger partial charge in [0.05, 0.1) is 17.8 Å². The van der Waals surface area contributed by atoms with Crippen molar-refractivity contribution >= 4 is 24.2 Å². The van der Waals surface area contributed by atoms with Gasteiger partial charge in [-0.1, -0.05) is 23.7 Å². The predicted molar refractivity (Wildman–Crippen MR) is 77.8 cm³/mol. The largest absolute Gasteiger partial charge is 0.496 e. The Balaban J connectivity index is 2.38. The Morgan fingerprint density at radius 2 is 1.68 bits per heavy atom. The second-order valence-electron chi connectivity index (χ2n) is 6.00. The van der Waals surface area contributed by atoms with E-state index in [1.807, 2.05) is 46.8 Å². The Kier molecular flexibility index (Phi) is 3.73. The minimum absolute atomic E-state index is 0.0187. The molecule has 0 unspecified atom stereocenters. The number of aliphatic hydroxyl groups excluding tert-OH is 1. The molecule has 1 heterocycles. The third-order valence-corrected chi connectivity index (χ3v) is 4.71. The Morgan fingerprint density at radius 3 is 2.16 bits per heavy atom. The van der Waals surface area contributed by atoms with Crippen molar-refractivity contribution in [3.8, 4) is 0 Å². The van der Waals surface area contributed by atoms with Gasteiger partial charge in [0.15, 0.2) is 0 Å². The van der Waals surface area contributed by atoms with Gasteiger partial charge < -0.3 is 14.4 Å². The molecule has 104 valence electrons. The summed E-state index contributed by atoms with van der Waals surface area (Å²) in [7, 11) is -0.469. The number of rotatable bonds is 2. The Bertz CT molecular complexity index is 484. The molecule has 0 aromatic heterocycles. The summed E-state index contributed by atoms with van der Waals surface area (Å²) >= 11 is 6.37. The molecule has 2 rings (SSSR count). The van der Waals surface area contributed by atoms with E-state index >= 15 is 0 Å². The van der Waals surface area contributed by atoms with Gasteiger partial charge >= 0.3 is 7.12 Å². The van der Waals surface area contributed by atoms with Crippen LogP contribution in [0.1, 0.15) is 38.8 Å². The fourth-order valence-electron chi connectivity index (χ4n) is 2.07. The Hall–Kier alpha value is -0.545. The summed E-state index contributed by atoms with van der Waals surface area (Å²) in [5.74, 6) is 0. The number of hydrogen-bond donors (Lipinski definition) is 1. The molecule has 0 bridgehead atoms. The summed E-state index contributed by atoms with van der Waals surface area (Å²) in [6.45, 7) is 9.91. The number of aliphatic hydroxyl groups is 1. The second-order valence-corrected chi connectivity index (χ2v) is 6.38. The van der Waals surface area contributed by atoms with Crippen LogP contribution in [0.5, 0.6) is 0 Å². The zero-order valence-electron chi connectivity index (χ0n) is 12.1. The van der Waals surface area contributed by atoms with Gasteiger partial charge in [-0.3, -0.25) is 0 Å². The highest BCUT2D eigenvalue weighted by atomic mass is 35.5. The molecule has 0 aliphatic carbocycles. The van der Waals surface area contributed by atoms with Crippen molar-refractivity contribution in [1.29, 1.82) is 0 Å². The molecule has 1 N–H and O–H groups in total. The molecule has 0 atom stereocenters. The zero-order valence-corrected chi connectivity index (χ0v) is 12.8. The third-order valence-electron chi connectivity index (χ3n) is 4.21. The maximum absolute atomic E-state index is 9.24. The summed E-state index contributed by atoms with van der Waals surface area (Å²) in [4.78, 5) is 0. The maximum atomic E-state index is 9.24. The lowest BCUT2D eigenvalue weighted by Crippen LogP contribution is -2.41. The van der Waals surface area contributed by atoms with Crippen molar-refractivity contribution in [3.05, 3.63) is 28.3 Å². The van der Waals surface area contributed by atoms with Gasteiger partial charge in [0.1, 0.15) is 0 Å². The lowest BCUT2D eigenvalue weighted by atomic mass is 9.77.